The van der Waals surface area contributed by atoms with Gasteiger partial charge in [0.15, 0.2) is 0 Å². The van der Waals surface area contributed by atoms with Crippen molar-refractivity contribution in [1.82, 2.24) is 5.32 Å². The lowest BCUT2D eigenvalue weighted by molar-refractivity contribution is -0.142. The molecular formula is C12H21NO5. The molecule has 2 unspecified atom stereocenters. The van der Waals surface area contributed by atoms with E-state index in [-0.39, 0.29) is 0 Å². The first-order valence-electron chi connectivity index (χ1n) is 6.11. The molecule has 1 rings (SSSR count). The van der Waals surface area contributed by atoms with E-state index in [1.165, 1.54) is 0 Å². The normalized spacial score (nSPS) is 25.6. The molecule has 0 radical (unpaired) electrons. The number of nitrogens with one attached hydrogen (secondary N) is 1. The van der Waals surface area contributed by atoms with Gasteiger partial charge in [-0.15, -0.1) is 0 Å². The fraction of sp³-hybridized carbons (Fsp3) is 0.833. The van der Waals surface area contributed by atoms with Crippen LogP contribution in [-0.2, 0) is 9.53 Å². The van der Waals surface area contributed by atoms with Crippen LogP contribution < -0.4 is 5.32 Å². The average molecular weight is 259 g/mol. The smallest absolute Gasteiger partial charge is 0.408 e. The van der Waals surface area contributed by atoms with E-state index in [4.69, 9.17) is 9.84 Å². The highest BCUT2D eigenvalue weighted by Gasteiger charge is 2.38. The number of carboxylic acid groups (broad SMARTS) is 1. The molecule has 0 aromatic heterocycles. The van der Waals surface area contributed by atoms with Crippen LogP contribution in [0, 0.1) is 5.92 Å². The Morgan fingerprint density at radius 2 is 1.94 bits per heavy atom. The molecule has 0 heterocycles. The van der Waals surface area contributed by atoms with Gasteiger partial charge in [-0.2, -0.15) is 0 Å². The van der Waals surface area contributed by atoms with Gasteiger partial charge in [0, 0.05) is 5.92 Å². The summed E-state index contributed by atoms with van der Waals surface area (Å²) >= 11 is 0. The number of carboxylic acids is 1. The Labute approximate surface area is 106 Å². The van der Waals surface area contributed by atoms with Crippen LogP contribution in [0.25, 0.3) is 0 Å². The first-order chi connectivity index (χ1) is 8.20. The third-order valence-corrected chi connectivity index (χ3v) is 2.90. The third-order valence-electron chi connectivity index (χ3n) is 2.90. The maximum absolute atomic E-state index is 11.6. The van der Waals surface area contributed by atoms with Gasteiger partial charge in [0.2, 0.25) is 0 Å². The minimum absolute atomic E-state index is 0.449. The number of alkyl carbamates (subject to hydrolysis) is 1. The van der Waals surface area contributed by atoms with Crippen molar-refractivity contribution < 1.29 is 24.5 Å². The van der Waals surface area contributed by atoms with Gasteiger partial charge in [-0.05, 0) is 33.6 Å². The quantitative estimate of drug-likeness (QED) is 0.706. The number of amides is 1. The van der Waals surface area contributed by atoms with E-state index >= 15 is 0 Å². The molecule has 1 aliphatic carbocycles. The van der Waals surface area contributed by atoms with Crippen LogP contribution >= 0.6 is 0 Å². The van der Waals surface area contributed by atoms with Gasteiger partial charge in [-0.1, -0.05) is 6.42 Å². The molecule has 6 heteroatoms. The van der Waals surface area contributed by atoms with Gasteiger partial charge in [-0.3, -0.25) is 0 Å². The van der Waals surface area contributed by atoms with Crippen molar-refractivity contribution in [1.29, 1.82) is 0 Å². The lowest BCUT2D eigenvalue weighted by atomic mass is 9.96. The number of hydrogen-bond donors (Lipinski definition) is 3. The Bertz CT molecular complexity index is 323. The molecule has 0 aromatic carbocycles. The van der Waals surface area contributed by atoms with Crippen molar-refractivity contribution in [3.8, 4) is 0 Å². The van der Waals surface area contributed by atoms with E-state index in [0.717, 1.165) is 6.42 Å². The average Bonchev–Trinajstić information content (AvgIpc) is 2.57. The van der Waals surface area contributed by atoms with Crippen molar-refractivity contribution in [2.45, 2.75) is 57.8 Å². The third kappa shape index (κ3) is 4.18. The number of carbonyl (C=O) groups excluding carboxylic acids is 1. The molecule has 1 aliphatic rings. The van der Waals surface area contributed by atoms with E-state index in [0.29, 0.717) is 12.8 Å². The summed E-state index contributed by atoms with van der Waals surface area (Å²) in [5.74, 6) is -1.60. The van der Waals surface area contributed by atoms with Gasteiger partial charge in [-0.25, -0.2) is 9.59 Å². The molecule has 0 saturated heterocycles. The summed E-state index contributed by atoms with van der Waals surface area (Å²) in [4.78, 5) is 22.7. The first kappa shape index (κ1) is 14.8. The largest absolute Gasteiger partial charge is 0.480 e. The number of rotatable bonds is 3. The molecular weight excluding hydrogens is 238 g/mol. The maximum Gasteiger partial charge on any atom is 0.408 e. The molecule has 1 saturated carbocycles. The summed E-state index contributed by atoms with van der Waals surface area (Å²) in [6.07, 6.45) is 0.485. The van der Waals surface area contributed by atoms with Gasteiger partial charge < -0.3 is 20.3 Å². The molecule has 0 aliphatic heterocycles. The summed E-state index contributed by atoms with van der Waals surface area (Å²) in [5, 5.41) is 21.1. The monoisotopic (exact) mass is 259 g/mol. The van der Waals surface area contributed by atoms with Gasteiger partial charge >= 0.3 is 12.1 Å². The summed E-state index contributed by atoms with van der Waals surface area (Å²) in [7, 11) is 0. The number of aliphatic carboxylic acids is 1. The highest BCUT2D eigenvalue weighted by Crippen LogP contribution is 2.28. The molecule has 3 atom stereocenters. The zero-order chi connectivity index (χ0) is 13.9. The van der Waals surface area contributed by atoms with E-state index < -0.39 is 35.7 Å². The van der Waals surface area contributed by atoms with Crippen LogP contribution in [0.4, 0.5) is 4.79 Å². The van der Waals surface area contributed by atoms with Crippen molar-refractivity contribution in [3.63, 3.8) is 0 Å². The van der Waals surface area contributed by atoms with Crippen molar-refractivity contribution in [2.75, 3.05) is 0 Å². The molecule has 3 N–H and O–H groups in total. The number of ether oxygens (including phenoxy) is 1. The first-order valence-corrected chi connectivity index (χ1v) is 6.11. The predicted molar refractivity (Wildman–Crippen MR) is 64.1 cm³/mol. The van der Waals surface area contributed by atoms with Crippen molar-refractivity contribution in [2.24, 2.45) is 5.92 Å². The number of aliphatic hydroxyl groups is 1. The number of aliphatic hydroxyl groups excluding tert-OH is 1. The van der Waals surface area contributed by atoms with Gasteiger partial charge in [0.1, 0.15) is 11.6 Å². The molecule has 1 fully saturated rings. The lowest BCUT2D eigenvalue weighted by Crippen LogP contribution is -2.49. The van der Waals surface area contributed by atoms with Crippen LogP contribution in [-0.4, -0.2) is 40.0 Å². The predicted octanol–water partition coefficient (Wildman–Crippen LogP) is 1.13. The second-order valence-electron chi connectivity index (χ2n) is 5.62. The van der Waals surface area contributed by atoms with E-state index in [2.05, 4.69) is 5.32 Å². The van der Waals surface area contributed by atoms with Crippen LogP contribution in [0.1, 0.15) is 40.0 Å². The zero-order valence-corrected chi connectivity index (χ0v) is 11.0. The van der Waals surface area contributed by atoms with Crippen LogP contribution in [0.3, 0.4) is 0 Å². The molecule has 0 spiro atoms. The standard InChI is InChI=1S/C12H21NO5/c1-12(2,3)18-11(17)13-9(10(15)16)7-5-4-6-8(7)14/h7-9,14H,4-6H2,1-3H3,(H,13,17)(H,15,16)/t7?,8?,9-/m0/s1. The fourth-order valence-corrected chi connectivity index (χ4v) is 2.14. The summed E-state index contributed by atoms with van der Waals surface area (Å²) in [5.41, 5.74) is -0.679. The summed E-state index contributed by atoms with van der Waals surface area (Å²) < 4.78 is 5.02. The maximum atomic E-state index is 11.6. The SMILES string of the molecule is CC(C)(C)OC(=O)N[C@H](C(=O)O)C1CCCC1O. The molecule has 104 valence electrons. The number of carbonyl (C=O) groups is 2. The van der Waals surface area contributed by atoms with E-state index in [1.807, 2.05) is 0 Å². The Balaban J connectivity index is 2.64. The minimum Gasteiger partial charge on any atom is -0.480 e. The summed E-state index contributed by atoms with van der Waals surface area (Å²) in [6.45, 7) is 5.10. The minimum atomic E-state index is -1.15. The highest BCUT2D eigenvalue weighted by molar-refractivity contribution is 5.80. The van der Waals surface area contributed by atoms with Crippen LogP contribution in [0.15, 0.2) is 0 Å². The second kappa shape index (κ2) is 5.56. The molecule has 1 amide bonds. The Morgan fingerprint density at radius 1 is 1.33 bits per heavy atom. The highest BCUT2D eigenvalue weighted by atomic mass is 16.6. The number of hydrogen-bond acceptors (Lipinski definition) is 4. The van der Waals surface area contributed by atoms with Gasteiger partial charge in [0.05, 0.1) is 6.10 Å². The molecule has 0 aromatic rings. The van der Waals surface area contributed by atoms with Crippen LogP contribution in [0.5, 0.6) is 0 Å². The summed E-state index contributed by atoms with van der Waals surface area (Å²) in [6, 6.07) is -1.10. The topological polar surface area (TPSA) is 95.9 Å². The van der Waals surface area contributed by atoms with Crippen LogP contribution in [0.2, 0.25) is 0 Å². The Morgan fingerprint density at radius 3 is 2.33 bits per heavy atom. The molecule has 6 nitrogen and oxygen atoms in total. The van der Waals surface area contributed by atoms with Crippen molar-refractivity contribution >= 4 is 12.1 Å². The fourth-order valence-electron chi connectivity index (χ4n) is 2.14. The van der Waals surface area contributed by atoms with Crippen molar-refractivity contribution in [3.05, 3.63) is 0 Å². The molecule has 0 bridgehead atoms. The Hall–Kier alpha value is -1.30. The van der Waals surface area contributed by atoms with E-state index in [1.54, 1.807) is 20.8 Å². The zero-order valence-electron chi connectivity index (χ0n) is 11.0. The molecule has 18 heavy (non-hydrogen) atoms. The Kier molecular flexibility index (Phi) is 4.56. The van der Waals surface area contributed by atoms with E-state index in [9.17, 15) is 14.7 Å². The second-order valence-corrected chi connectivity index (χ2v) is 5.62. The lowest BCUT2D eigenvalue weighted by Gasteiger charge is -2.26. The van der Waals surface area contributed by atoms with Gasteiger partial charge in [0.25, 0.3) is 0 Å².